The van der Waals surface area contributed by atoms with Gasteiger partial charge in [-0.15, -0.1) is 0 Å². The molecule has 1 saturated heterocycles. The van der Waals surface area contributed by atoms with Crippen molar-refractivity contribution in [3.8, 4) is 0 Å². The molecule has 0 N–H and O–H groups in total. The van der Waals surface area contributed by atoms with Crippen LogP contribution in [0.4, 0.5) is 5.69 Å². The second kappa shape index (κ2) is 7.88. The molecule has 0 saturated carbocycles. The number of esters is 1. The molecule has 1 aliphatic rings. The first-order chi connectivity index (χ1) is 12.5. The van der Waals surface area contributed by atoms with Gasteiger partial charge in [-0.05, 0) is 37.3 Å². The maximum absolute atomic E-state index is 12.9. The number of benzene rings is 2. The molecule has 7 heteroatoms. The molecule has 0 spiro atoms. The Balaban J connectivity index is 1.73. The van der Waals surface area contributed by atoms with Gasteiger partial charge < -0.3 is 9.64 Å². The molecule has 1 heterocycles. The van der Waals surface area contributed by atoms with Crippen LogP contribution in [-0.2, 0) is 14.8 Å². The van der Waals surface area contributed by atoms with Crippen LogP contribution in [0, 0.1) is 0 Å². The van der Waals surface area contributed by atoms with Gasteiger partial charge in [-0.25, -0.2) is 13.2 Å². The lowest BCUT2D eigenvalue weighted by molar-refractivity contribution is 0.0526. The van der Waals surface area contributed by atoms with Gasteiger partial charge in [0.1, 0.15) is 0 Å². The minimum Gasteiger partial charge on any atom is -0.462 e. The molecule has 0 unspecified atom stereocenters. The molecule has 1 aliphatic heterocycles. The van der Waals surface area contributed by atoms with Crippen molar-refractivity contribution in [3.05, 3.63) is 60.2 Å². The summed E-state index contributed by atoms with van der Waals surface area (Å²) in [5.74, 6) is -0.515. The molecule has 0 bridgehead atoms. The number of anilines is 1. The summed E-state index contributed by atoms with van der Waals surface area (Å²) in [5.41, 5.74) is 1.34. The minimum atomic E-state index is -3.64. The summed E-state index contributed by atoms with van der Waals surface area (Å²) in [6.45, 7) is 4.02. The molecule has 0 aromatic heterocycles. The van der Waals surface area contributed by atoms with E-state index in [1.807, 2.05) is 30.3 Å². The summed E-state index contributed by atoms with van der Waals surface area (Å²) in [7, 11) is -3.64. The van der Waals surface area contributed by atoms with Crippen LogP contribution in [0.15, 0.2) is 59.5 Å². The quantitative estimate of drug-likeness (QED) is 0.752. The van der Waals surface area contributed by atoms with Gasteiger partial charge >= 0.3 is 5.97 Å². The van der Waals surface area contributed by atoms with Crippen molar-refractivity contribution in [1.29, 1.82) is 0 Å². The summed E-state index contributed by atoms with van der Waals surface area (Å²) in [5, 5.41) is 0. The van der Waals surface area contributed by atoms with Crippen LogP contribution >= 0.6 is 0 Å². The number of piperazine rings is 1. The summed E-state index contributed by atoms with van der Waals surface area (Å²) in [4.78, 5) is 14.2. The Labute approximate surface area is 154 Å². The lowest BCUT2D eigenvalue weighted by Crippen LogP contribution is -2.48. The zero-order valence-corrected chi connectivity index (χ0v) is 15.5. The van der Waals surface area contributed by atoms with Crippen molar-refractivity contribution in [1.82, 2.24) is 4.31 Å². The van der Waals surface area contributed by atoms with Crippen molar-refractivity contribution in [3.63, 3.8) is 0 Å². The lowest BCUT2D eigenvalue weighted by Gasteiger charge is -2.35. The molecule has 3 rings (SSSR count). The van der Waals surface area contributed by atoms with E-state index in [0.29, 0.717) is 26.2 Å². The third-order valence-electron chi connectivity index (χ3n) is 4.34. The summed E-state index contributed by atoms with van der Waals surface area (Å²) < 4.78 is 32.3. The van der Waals surface area contributed by atoms with Crippen molar-refractivity contribution < 1.29 is 17.9 Å². The topological polar surface area (TPSA) is 66.9 Å². The predicted molar refractivity (Wildman–Crippen MR) is 99.8 cm³/mol. The third kappa shape index (κ3) is 3.89. The first-order valence-electron chi connectivity index (χ1n) is 8.59. The molecule has 138 valence electrons. The Kier molecular flexibility index (Phi) is 5.58. The van der Waals surface area contributed by atoms with E-state index < -0.39 is 16.0 Å². The molecule has 1 fully saturated rings. The Morgan fingerprint density at radius 2 is 1.69 bits per heavy atom. The molecule has 2 aromatic rings. The highest BCUT2D eigenvalue weighted by molar-refractivity contribution is 7.89. The number of carbonyl (C=O) groups is 1. The highest BCUT2D eigenvalue weighted by atomic mass is 32.2. The Morgan fingerprint density at radius 3 is 2.35 bits per heavy atom. The molecule has 6 nitrogen and oxygen atoms in total. The average molecular weight is 374 g/mol. The zero-order valence-electron chi connectivity index (χ0n) is 14.7. The van der Waals surface area contributed by atoms with Crippen LogP contribution in [0.2, 0.25) is 0 Å². The van der Waals surface area contributed by atoms with Crippen molar-refractivity contribution in [2.75, 3.05) is 37.7 Å². The molecule has 0 atom stereocenters. The van der Waals surface area contributed by atoms with Gasteiger partial charge in [0.2, 0.25) is 10.0 Å². The maximum atomic E-state index is 12.9. The van der Waals surface area contributed by atoms with Gasteiger partial charge in [-0.2, -0.15) is 4.31 Å². The summed E-state index contributed by atoms with van der Waals surface area (Å²) in [6.07, 6.45) is 0. The highest BCUT2D eigenvalue weighted by Gasteiger charge is 2.29. The first-order valence-corrected chi connectivity index (χ1v) is 10.0. The number of sulfonamides is 1. The Bertz CT molecular complexity index is 860. The molecule has 0 aliphatic carbocycles. The van der Waals surface area contributed by atoms with E-state index in [0.717, 1.165) is 5.69 Å². The lowest BCUT2D eigenvalue weighted by atomic mass is 10.2. The Morgan fingerprint density at radius 1 is 1.00 bits per heavy atom. The molecule has 26 heavy (non-hydrogen) atoms. The third-order valence-corrected chi connectivity index (χ3v) is 6.24. The van der Waals surface area contributed by atoms with Gasteiger partial charge in [0.15, 0.2) is 0 Å². The number of para-hydroxylation sites is 1. The van der Waals surface area contributed by atoms with Crippen molar-refractivity contribution in [2.24, 2.45) is 0 Å². The average Bonchev–Trinajstić information content (AvgIpc) is 2.69. The van der Waals surface area contributed by atoms with Crippen LogP contribution in [0.1, 0.15) is 17.3 Å². The molecule has 2 aromatic carbocycles. The first kappa shape index (κ1) is 18.4. The molecule has 0 radical (unpaired) electrons. The number of hydrogen-bond donors (Lipinski definition) is 0. The van der Waals surface area contributed by atoms with Gasteiger partial charge in [-0.1, -0.05) is 24.3 Å². The van der Waals surface area contributed by atoms with Crippen LogP contribution < -0.4 is 4.90 Å². The number of carbonyl (C=O) groups excluding carboxylic acids is 1. The molecular weight excluding hydrogens is 352 g/mol. The maximum Gasteiger partial charge on any atom is 0.338 e. The monoisotopic (exact) mass is 374 g/mol. The van der Waals surface area contributed by atoms with E-state index in [1.165, 1.54) is 16.4 Å². The summed E-state index contributed by atoms with van der Waals surface area (Å²) in [6, 6.07) is 16.0. The van der Waals surface area contributed by atoms with Crippen LogP contribution in [0.5, 0.6) is 0 Å². The fourth-order valence-corrected chi connectivity index (χ4v) is 4.44. The SMILES string of the molecule is CCOC(=O)c1cccc(S(=O)(=O)N2CCN(c3ccccc3)CC2)c1. The van der Waals surface area contributed by atoms with Crippen LogP contribution in [0.3, 0.4) is 0 Å². The van der Waals surface area contributed by atoms with Gasteiger partial charge in [0.05, 0.1) is 17.1 Å². The van der Waals surface area contributed by atoms with E-state index in [-0.39, 0.29) is 17.1 Å². The normalized spacial score (nSPS) is 15.7. The van der Waals surface area contributed by atoms with E-state index >= 15 is 0 Å². The Hall–Kier alpha value is -2.38. The number of nitrogens with zero attached hydrogens (tertiary/aromatic N) is 2. The fourth-order valence-electron chi connectivity index (χ4n) is 2.97. The highest BCUT2D eigenvalue weighted by Crippen LogP contribution is 2.22. The second-order valence-electron chi connectivity index (χ2n) is 5.97. The van der Waals surface area contributed by atoms with Gasteiger partial charge in [0, 0.05) is 31.9 Å². The number of hydrogen-bond acceptors (Lipinski definition) is 5. The van der Waals surface area contributed by atoms with Crippen molar-refractivity contribution >= 4 is 21.7 Å². The number of rotatable bonds is 5. The fraction of sp³-hybridized carbons (Fsp3) is 0.316. The van der Waals surface area contributed by atoms with E-state index in [1.54, 1.807) is 19.1 Å². The standard InChI is InChI=1S/C19H22N2O4S/c1-2-25-19(22)16-7-6-10-18(15-16)26(23,24)21-13-11-20(12-14-21)17-8-4-3-5-9-17/h3-10,15H,2,11-14H2,1H3. The largest absolute Gasteiger partial charge is 0.462 e. The predicted octanol–water partition coefficient (Wildman–Crippen LogP) is 2.37. The second-order valence-corrected chi connectivity index (χ2v) is 7.91. The number of ether oxygens (including phenoxy) is 1. The molecular formula is C19H22N2O4S. The van der Waals surface area contributed by atoms with Gasteiger partial charge in [-0.3, -0.25) is 0 Å². The molecule has 0 amide bonds. The van der Waals surface area contributed by atoms with Crippen molar-refractivity contribution in [2.45, 2.75) is 11.8 Å². The zero-order chi connectivity index (χ0) is 18.6. The van der Waals surface area contributed by atoms with E-state index in [4.69, 9.17) is 4.74 Å². The smallest absolute Gasteiger partial charge is 0.338 e. The minimum absolute atomic E-state index is 0.121. The van der Waals surface area contributed by atoms with E-state index in [2.05, 4.69) is 4.90 Å². The van der Waals surface area contributed by atoms with Gasteiger partial charge in [0.25, 0.3) is 0 Å². The van der Waals surface area contributed by atoms with Crippen LogP contribution in [-0.4, -0.2) is 51.5 Å². The van der Waals surface area contributed by atoms with Crippen LogP contribution in [0.25, 0.3) is 0 Å². The van der Waals surface area contributed by atoms with E-state index in [9.17, 15) is 13.2 Å². The summed E-state index contributed by atoms with van der Waals surface area (Å²) >= 11 is 0.